The van der Waals surface area contributed by atoms with Crippen molar-refractivity contribution in [1.29, 1.82) is 0 Å². The highest BCUT2D eigenvalue weighted by Crippen LogP contribution is 2.47. The van der Waals surface area contributed by atoms with Crippen LogP contribution < -0.4 is 4.74 Å². The van der Waals surface area contributed by atoms with Crippen molar-refractivity contribution in [3.05, 3.63) is 228 Å². The average Bonchev–Trinajstić information content (AvgIpc) is 3.18. The van der Waals surface area contributed by atoms with E-state index in [2.05, 4.69) is 0 Å². The van der Waals surface area contributed by atoms with E-state index in [1.807, 2.05) is 194 Å². The Morgan fingerprint density at radius 2 is 0.592 bits per heavy atom. The molecule has 8 aromatic rings. The predicted molar refractivity (Wildman–Crippen MR) is 198 cm³/mol. The Kier molecular flexibility index (Phi) is 7.77. The zero-order valence-electron chi connectivity index (χ0n) is 26.8. The summed E-state index contributed by atoms with van der Waals surface area (Å²) in [5, 5.41) is 29.3. The van der Waals surface area contributed by atoms with Crippen LogP contribution in [0, 0.1) is 0 Å². The van der Waals surface area contributed by atoms with Crippen molar-refractivity contribution in [2.24, 2.45) is 0 Å². The molecule has 3 heteroatoms. The predicted octanol–water partition coefficient (Wildman–Crippen LogP) is 10.4. The summed E-state index contributed by atoms with van der Waals surface area (Å²) in [6.07, 6.45) is 0. The van der Waals surface area contributed by atoms with Crippen LogP contribution in [0.5, 0.6) is 11.5 Å². The molecule has 236 valence electrons. The smallest absolute Gasteiger partial charge is 0.141 e. The molecule has 0 spiro atoms. The van der Waals surface area contributed by atoms with Gasteiger partial charge in [0.2, 0.25) is 0 Å². The van der Waals surface area contributed by atoms with Gasteiger partial charge in [-0.05, 0) is 45.2 Å². The van der Waals surface area contributed by atoms with Crippen molar-refractivity contribution in [3.63, 3.8) is 0 Å². The summed E-state index contributed by atoms with van der Waals surface area (Å²) in [5.74, 6) is 1.20. The first-order valence-corrected chi connectivity index (χ1v) is 16.5. The molecule has 2 N–H and O–H groups in total. The van der Waals surface area contributed by atoms with E-state index in [-0.39, 0.29) is 0 Å². The van der Waals surface area contributed by atoms with Crippen LogP contribution in [0.2, 0.25) is 0 Å². The Labute approximate surface area is 286 Å². The number of fused-ring (bicyclic) bond motifs is 2. The lowest BCUT2D eigenvalue weighted by Crippen LogP contribution is -2.29. The molecule has 0 aliphatic rings. The van der Waals surface area contributed by atoms with Crippen LogP contribution in [0.3, 0.4) is 0 Å². The van der Waals surface area contributed by atoms with E-state index in [9.17, 15) is 10.2 Å². The second-order valence-electron chi connectivity index (χ2n) is 12.3. The van der Waals surface area contributed by atoms with E-state index in [1.165, 1.54) is 0 Å². The minimum Gasteiger partial charge on any atom is -0.456 e. The van der Waals surface area contributed by atoms with Gasteiger partial charge in [0.15, 0.2) is 0 Å². The fourth-order valence-corrected chi connectivity index (χ4v) is 7.18. The highest BCUT2D eigenvalue weighted by atomic mass is 16.5. The van der Waals surface area contributed by atoms with Crippen molar-refractivity contribution in [3.8, 4) is 11.5 Å². The number of benzene rings is 8. The van der Waals surface area contributed by atoms with E-state index in [4.69, 9.17) is 4.74 Å². The van der Waals surface area contributed by atoms with Crippen LogP contribution in [0.15, 0.2) is 194 Å². The van der Waals surface area contributed by atoms with Crippen LogP contribution in [-0.4, -0.2) is 10.2 Å². The highest BCUT2D eigenvalue weighted by Gasteiger charge is 2.37. The first kappa shape index (κ1) is 30.3. The van der Waals surface area contributed by atoms with Gasteiger partial charge in [-0.3, -0.25) is 0 Å². The zero-order valence-corrected chi connectivity index (χ0v) is 26.8. The number of aliphatic hydroxyl groups is 2. The van der Waals surface area contributed by atoms with Gasteiger partial charge in [-0.1, -0.05) is 182 Å². The lowest BCUT2D eigenvalue weighted by atomic mass is 9.78. The van der Waals surface area contributed by atoms with E-state index < -0.39 is 11.2 Å². The standard InChI is InChI=1S/C46H34O3/c47-45(35-21-5-1-6-22-35,36-23-7-2-8-24-36)39-29-13-17-33-19-15-31-41(43(33)39)49-42-32-16-20-34-18-14-30-40(44(34)42)46(48,37-25-9-3-10-26-37)38-27-11-4-12-28-38/h1-32,47-48H. The van der Waals surface area contributed by atoms with Crippen molar-refractivity contribution >= 4 is 21.5 Å². The second-order valence-corrected chi connectivity index (χ2v) is 12.3. The third-order valence-corrected chi connectivity index (χ3v) is 9.50. The summed E-state index contributed by atoms with van der Waals surface area (Å²) < 4.78 is 7.00. The average molecular weight is 635 g/mol. The molecule has 49 heavy (non-hydrogen) atoms. The Bertz CT molecular complexity index is 2110. The van der Waals surface area contributed by atoms with Gasteiger partial charge in [0.25, 0.3) is 0 Å². The minimum atomic E-state index is -1.47. The van der Waals surface area contributed by atoms with Gasteiger partial charge in [0.1, 0.15) is 22.7 Å². The summed E-state index contributed by atoms with van der Waals surface area (Å²) in [7, 11) is 0. The summed E-state index contributed by atoms with van der Waals surface area (Å²) in [6, 6.07) is 63.0. The molecule has 0 unspecified atom stereocenters. The maximum atomic E-state index is 12.9. The van der Waals surface area contributed by atoms with Gasteiger partial charge in [-0.25, -0.2) is 0 Å². The fraction of sp³-hybridized carbons (Fsp3) is 0.0435. The number of ether oxygens (including phenoxy) is 1. The molecule has 0 aliphatic carbocycles. The molecule has 0 amide bonds. The SMILES string of the molecule is OC(c1ccccc1)(c1ccccc1)c1cccc2cccc(Oc3cccc4cccc(C(O)(c5ccccc5)c5ccccc5)c34)c12. The van der Waals surface area contributed by atoms with Crippen molar-refractivity contribution in [2.45, 2.75) is 11.2 Å². The Morgan fingerprint density at radius 3 is 0.898 bits per heavy atom. The van der Waals surface area contributed by atoms with Crippen molar-refractivity contribution in [1.82, 2.24) is 0 Å². The third kappa shape index (κ3) is 5.17. The third-order valence-electron chi connectivity index (χ3n) is 9.50. The quantitative estimate of drug-likeness (QED) is 0.164. The minimum absolute atomic E-state index is 0.601. The zero-order chi connectivity index (χ0) is 33.3. The molecule has 0 atom stereocenters. The topological polar surface area (TPSA) is 49.7 Å². The summed E-state index contributed by atoms with van der Waals surface area (Å²) >= 11 is 0. The van der Waals surface area contributed by atoms with Gasteiger partial charge in [-0.2, -0.15) is 0 Å². The molecule has 0 saturated heterocycles. The summed E-state index contributed by atoms with van der Waals surface area (Å²) in [6.45, 7) is 0. The molecule has 3 nitrogen and oxygen atoms in total. The monoisotopic (exact) mass is 634 g/mol. The van der Waals surface area contributed by atoms with Crippen LogP contribution >= 0.6 is 0 Å². The Balaban J connectivity index is 1.37. The van der Waals surface area contributed by atoms with E-state index in [0.717, 1.165) is 43.8 Å². The highest BCUT2D eigenvalue weighted by molar-refractivity contribution is 5.96. The van der Waals surface area contributed by atoms with Gasteiger partial charge in [-0.15, -0.1) is 0 Å². The van der Waals surface area contributed by atoms with Gasteiger partial charge in [0.05, 0.1) is 0 Å². The Morgan fingerprint density at radius 1 is 0.306 bits per heavy atom. The van der Waals surface area contributed by atoms with Crippen LogP contribution in [-0.2, 0) is 11.2 Å². The van der Waals surface area contributed by atoms with Gasteiger partial charge >= 0.3 is 0 Å². The molecular weight excluding hydrogens is 601 g/mol. The van der Waals surface area contributed by atoms with E-state index in [1.54, 1.807) is 0 Å². The van der Waals surface area contributed by atoms with Crippen LogP contribution in [0.1, 0.15) is 33.4 Å². The van der Waals surface area contributed by atoms with E-state index in [0.29, 0.717) is 22.6 Å². The molecule has 8 rings (SSSR count). The summed E-state index contributed by atoms with van der Waals surface area (Å²) in [4.78, 5) is 0. The second kappa shape index (κ2) is 12.6. The van der Waals surface area contributed by atoms with Crippen LogP contribution in [0.4, 0.5) is 0 Å². The van der Waals surface area contributed by atoms with Crippen LogP contribution in [0.25, 0.3) is 21.5 Å². The number of rotatable bonds is 8. The largest absolute Gasteiger partial charge is 0.456 e. The molecule has 0 aromatic heterocycles. The molecule has 8 aromatic carbocycles. The molecule has 0 heterocycles. The maximum absolute atomic E-state index is 12.9. The molecule has 0 fully saturated rings. The fourth-order valence-electron chi connectivity index (χ4n) is 7.18. The summed E-state index contributed by atoms with van der Waals surface area (Å²) in [5.41, 5.74) is 1.52. The molecule has 0 saturated carbocycles. The first-order valence-electron chi connectivity index (χ1n) is 16.5. The van der Waals surface area contributed by atoms with Gasteiger partial charge < -0.3 is 14.9 Å². The van der Waals surface area contributed by atoms with Crippen molar-refractivity contribution < 1.29 is 14.9 Å². The van der Waals surface area contributed by atoms with E-state index >= 15 is 0 Å². The number of hydrogen-bond acceptors (Lipinski definition) is 3. The molecule has 0 radical (unpaired) electrons. The normalized spacial score (nSPS) is 11.9. The molecule has 0 aliphatic heterocycles. The lowest BCUT2D eigenvalue weighted by Gasteiger charge is -2.32. The number of hydrogen-bond donors (Lipinski definition) is 2. The lowest BCUT2D eigenvalue weighted by molar-refractivity contribution is 0.127. The molecular formula is C46H34O3. The van der Waals surface area contributed by atoms with Gasteiger partial charge in [0, 0.05) is 21.9 Å². The van der Waals surface area contributed by atoms with Crippen molar-refractivity contribution in [2.75, 3.05) is 0 Å². The maximum Gasteiger partial charge on any atom is 0.141 e. The first-order chi connectivity index (χ1) is 24.1. The Hall–Kier alpha value is -6.00. The molecule has 0 bridgehead atoms.